The van der Waals surface area contributed by atoms with Gasteiger partial charge in [0, 0.05) is 12.1 Å². The van der Waals surface area contributed by atoms with E-state index < -0.39 is 0 Å². The minimum atomic E-state index is -0.110. The number of nitrogens with zero attached hydrogens (tertiary/aromatic N) is 1. The maximum atomic E-state index is 12.2. The molecule has 0 aromatic carbocycles. The molecule has 1 aliphatic heterocycles. The fourth-order valence-electron chi connectivity index (χ4n) is 2.36. The Balaban J connectivity index is 2.42. The molecule has 1 heterocycles. The molecule has 1 saturated heterocycles. The fourth-order valence-corrected chi connectivity index (χ4v) is 2.36. The van der Waals surface area contributed by atoms with E-state index in [1.807, 2.05) is 6.92 Å². The zero-order chi connectivity index (χ0) is 14.5. The number of carbonyl (C=O) groups excluding carboxylic acids is 1. The monoisotopic (exact) mass is 269 g/mol. The third kappa shape index (κ3) is 5.49. The van der Waals surface area contributed by atoms with Gasteiger partial charge in [-0.3, -0.25) is 9.69 Å². The Labute approximate surface area is 118 Å². The summed E-state index contributed by atoms with van der Waals surface area (Å²) in [5, 5.41) is 6.51. The normalized spacial score (nSPS) is 19.5. The molecule has 4 nitrogen and oxygen atoms in total. The van der Waals surface area contributed by atoms with Gasteiger partial charge >= 0.3 is 0 Å². The van der Waals surface area contributed by atoms with E-state index in [0.29, 0.717) is 0 Å². The molecule has 1 rings (SSSR count). The van der Waals surface area contributed by atoms with Crippen LogP contribution in [0.5, 0.6) is 0 Å². The summed E-state index contributed by atoms with van der Waals surface area (Å²) in [6.45, 7) is 11.5. The first-order valence-electron chi connectivity index (χ1n) is 7.58. The van der Waals surface area contributed by atoms with Gasteiger partial charge in [0.25, 0.3) is 0 Å². The highest BCUT2D eigenvalue weighted by Crippen LogP contribution is 2.15. The van der Waals surface area contributed by atoms with Crippen molar-refractivity contribution in [2.75, 3.05) is 26.7 Å². The molecule has 1 fully saturated rings. The molecule has 0 bridgehead atoms. The fraction of sp³-hybridized carbons (Fsp3) is 0.933. The lowest BCUT2D eigenvalue weighted by molar-refractivity contribution is -0.127. The quantitative estimate of drug-likeness (QED) is 0.770. The number of amides is 1. The van der Waals surface area contributed by atoms with Crippen molar-refractivity contribution in [1.29, 1.82) is 0 Å². The van der Waals surface area contributed by atoms with E-state index in [9.17, 15) is 4.79 Å². The van der Waals surface area contributed by atoms with Gasteiger partial charge < -0.3 is 10.6 Å². The van der Waals surface area contributed by atoms with Gasteiger partial charge in [0.05, 0.1) is 6.04 Å². The molecule has 1 unspecified atom stereocenters. The molecule has 0 radical (unpaired) electrons. The van der Waals surface area contributed by atoms with Crippen molar-refractivity contribution in [3.05, 3.63) is 0 Å². The summed E-state index contributed by atoms with van der Waals surface area (Å²) < 4.78 is 0. The van der Waals surface area contributed by atoms with Crippen LogP contribution in [0.15, 0.2) is 0 Å². The Morgan fingerprint density at radius 1 is 1.42 bits per heavy atom. The summed E-state index contributed by atoms with van der Waals surface area (Å²) >= 11 is 0. The predicted molar refractivity (Wildman–Crippen MR) is 80.2 cm³/mol. The van der Waals surface area contributed by atoms with Crippen LogP contribution >= 0.6 is 0 Å². The van der Waals surface area contributed by atoms with Crippen LogP contribution in [0, 0.1) is 5.92 Å². The Morgan fingerprint density at radius 3 is 2.53 bits per heavy atom. The highest BCUT2D eigenvalue weighted by Gasteiger charge is 2.25. The lowest BCUT2D eigenvalue weighted by atomic mass is 9.97. The number of rotatable bonds is 6. The van der Waals surface area contributed by atoms with Crippen LogP contribution in [-0.2, 0) is 4.79 Å². The summed E-state index contributed by atoms with van der Waals surface area (Å²) in [6, 6.07) is -0.0549. The van der Waals surface area contributed by atoms with E-state index in [1.165, 1.54) is 12.8 Å². The summed E-state index contributed by atoms with van der Waals surface area (Å²) in [6.07, 6.45) is 3.39. The summed E-state index contributed by atoms with van der Waals surface area (Å²) in [7, 11) is 2.06. The maximum absolute atomic E-state index is 12.2. The van der Waals surface area contributed by atoms with Gasteiger partial charge in [0.1, 0.15) is 0 Å². The summed E-state index contributed by atoms with van der Waals surface area (Å²) in [4.78, 5) is 14.4. The van der Waals surface area contributed by atoms with Crippen LogP contribution in [0.25, 0.3) is 0 Å². The molecular formula is C15H31N3O. The van der Waals surface area contributed by atoms with Gasteiger partial charge in [-0.25, -0.2) is 0 Å². The molecule has 1 aliphatic rings. The lowest BCUT2D eigenvalue weighted by Gasteiger charge is -2.33. The van der Waals surface area contributed by atoms with Crippen molar-refractivity contribution in [2.45, 2.75) is 58.5 Å². The Hall–Kier alpha value is -0.610. The average molecular weight is 269 g/mol. The van der Waals surface area contributed by atoms with Crippen LogP contribution < -0.4 is 10.6 Å². The first-order chi connectivity index (χ1) is 8.85. The van der Waals surface area contributed by atoms with E-state index in [0.717, 1.165) is 32.0 Å². The molecule has 19 heavy (non-hydrogen) atoms. The number of nitrogens with one attached hydrogen (secondary N) is 2. The molecule has 1 amide bonds. The largest absolute Gasteiger partial charge is 0.350 e. The van der Waals surface area contributed by atoms with Gasteiger partial charge in [-0.15, -0.1) is 0 Å². The molecule has 2 N–H and O–H groups in total. The topological polar surface area (TPSA) is 44.4 Å². The maximum Gasteiger partial charge on any atom is 0.237 e. The molecule has 0 saturated carbocycles. The van der Waals surface area contributed by atoms with E-state index in [4.69, 9.17) is 0 Å². The SMILES string of the molecule is CCC(C)(C)NC(=O)C(C)N(C)CC1CCNCC1. The zero-order valence-electron chi connectivity index (χ0n) is 13.3. The number of likely N-dealkylation sites (N-methyl/N-ethyl adjacent to an activating group) is 1. The van der Waals surface area contributed by atoms with Crippen molar-refractivity contribution < 1.29 is 4.79 Å². The Morgan fingerprint density at radius 2 is 2.00 bits per heavy atom. The van der Waals surface area contributed by atoms with Crippen LogP contribution in [0.4, 0.5) is 0 Å². The summed E-state index contributed by atoms with van der Waals surface area (Å²) in [5.41, 5.74) is -0.110. The standard InChI is InChI=1S/C15H31N3O/c1-6-15(3,4)17-14(19)12(2)18(5)11-13-7-9-16-10-8-13/h12-13,16H,6-11H2,1-5H3,(H,17,19). The average Bonchev–Trinajstić information content (AvgIpc) is 2.38. The third-order valence-electron chi connectivity index (χ3n) is 4.39. The van der Waals surface area contributed by atoms with Crippen LogP contribution in [-0.4, -0.2) is 49.1 Å². The van der Waals surface area contributed by atoms with Gasteiger partial charge in [-0.2, -0.15) is 0 Å². The van der Waals surface area contributed by atoms with E-state index in [2.05, 4.69) is 43.4 Å². The van der Waals surface area contributed by atoms with Gasteiger partial charge in [-0.05, 0) is 66.1 Å². The molecule has 0 aromatic heterocycles. The number of hydrogen-bond acceptors (Lipinski definition) is 3. The van der Waals surface area contributed by atoms with Crippen LogP contribution in [0.3, 0.4) is 0 Å². The van der Waals surface area contributed by atoms with Crippen molar-refractivity contribution in [1.82, 2.24) is 15.5 Å². The van der Waals surface area contributed by atoms with Crippen LogP contribution in [0.1, 0.15) is 47.0 Å². The highest BCUT2D eigenvalue weighted by atomic mass is 16.2. The molecule has 1 atom stereocenters. The van der Waals surface area contributed by atoms with E-state index in [1.54, 1.807) is 0 Å². The molecule has 112 valence electrons. The molecule has 0 aromatic rings. The second-order valence-electron chi connectivity index (χ2n) is 6.54. The first-order valence-corrected chi connectivity index (χ1v) is 7.58. The van der Waals surface area contributed by atoms with Gasteiger partial charge in [0.2, 0.25) is 5.91 Å². The van der Waals surface area contributed by atoms with Crippen molar-refractivity contribution in [3.63, 3.8) is 0 Å². The third-order valence-corrected chi connectivity index (χ3v) is 4.39. The predicted octanol–water partition coefficient (Wildman–Crippen LogP) is 1.61. The van der Waals surface area contributed by atoms with Gasteiger partial charge in [-0.1, -0.05) is 6.92 Å². The molecule has 4 heteroatoms. The number of carbonyl (C=O) groups is 1. The second-order valence-corrected chi connectivity index (χ2v) is 6.54. The Bertz CT molecular complexity index is 285. The lowest BCUT2D eigenvalue weighted by Crippen LogP contribution is -2.52. The van der Waals surface area contributed by atoms with E-state index in [-0.39, 0.29) is 17.5 Å². The second kappa shape index (κ2) is 7.25. The highest BCUT2D eigenvalue weighted by molar-refractivity contribution is 5.81. The Kier molecular flexibility index (Phi) is 6.27. The number of hydrogen-bond donors (Lipinski definition) is 2. The smallest absolute Gasteiger partial charge is 0.237 e. The minimum absolute atomic E-state index is 0.0549. The van der Waals surface area contributed by atoms with Crippen molar-refractivity contribution in [2.24, 2.45) is 5.92 Å². The van der Waals surface area contributed by atoms with Crippen molar-refractivity contribution >= 4 is 5.91 Å². The molecule has 0 spiro atoms. The zero-order valence-corrected chi connectivity index (χ0v) is 13.3. The minimum Gasteiger partial charge on any atom is -0.350 e. The van der Waals surface area contributed by atoms with Crippen LogP contribution in [0.2, 0.25) is 0 Å². The van der Waals surface area contributed by atoms with Gasteiger partial charge in [0.15, 0.2) is 0 Å². The number of piperidine rings is 1. The summed E-state index contributed by atoms with van der Waals surface area (Å²) in [5.74, 6) is 0.865. The molecular weight excluding hydrogens is 238 g/mol. The first kappa shape index (κ1) is 16.4. The van der Waals surface area contributed by atoms with E-state index >= 15 is 0 Å². The molecule has 0 aliphatic carbocycles. The van der Waals surface area contributed by atoms with Crippen molar-refractivity contribution in [3.8, 4) is 0 Å².